The van der Waals surface area contributed by atoms with Crippen molar-refractivity contribution >= 4 is 26.8 Å². The maximum Gasteiger partial charge on any atom is 0.534 e. The van der Waals surface area contributed by atoms with E-state index in [-0.39, 0.29) is 28.2 Å². The first kappa shape index (κ1) is 19.5. The lowest BCUT2D eigenvalue weighted by molar-refractivity contribution is -0.0499. The fourth-order valence-electron chi connectivity index (χ4n) is 1.81. The van der Waals surface area contributed by atoms with E-state index in [2.05, 4.69) is 20.7 Å². The summed E-state index contributed by atoms with van der Waals surface area (Å²) in [7, 11) is -4.53. The molecule has 0 saturated carbocycles. The van der Waals surface area contributed by atoms with Gasteiger partial charge in [-0.1, -0.05) is 6.58 Å². The lowest BCUT2D eigenvalue weighted by Crippen LogP contribution is -2.28. The van der Waals surface area contributed by atoms with E-state index in [0.29, 0.717) is 0 Å². The van der Waals surface area contributed by atoms with Crippen LogP contribution in [0.15, 0.2) is 52.5 Å². The van der Waals surface area contributed by atoms with Crippen LogP contribution in [-0.4, -0.2) is 31.7 Å². The minimum absolute atomic E-state index is 0.00274. The number of rotatable bonds is 6. The zero-order valence-corrected chi connectivity index (χ0v) is 14.4. The van der Waals surface area contributed by atoms with Crippen molar-refractivity contribution in [2.24, 2.45) is 4.99 Å². The Labute approximate surface area is 146 Å². The highest BCUT2D eigenvalue weighted by atomic mass is 32.2. The summed E-state index contributed by atoms with van der Waals surface area (Å²) in [5, 5.41) is -0.00274. The summed E-state index contributed by atoms with van der Waals surface area (Å²) in [5.74, 6) is -0.656. The summed E-state index contributed by atoms with van der Waals surface area (Å²) in [6.45, 7) is 4.88. The smallest absolute Gasteiger partial charge is 0.495 e. The molecule has 0 aliphatic rings. The van der Waals surface area contributed by atoms with Gasteiger partial charge in [0, 0.05) is 6.20 Å². The number of halogens is 3. The Hall–Kier alpha value is -2.82. The Morgan fingerprint density at radius 3 is 2.69 bits per heavy atom. The predicted octanol–water partition coefficient (Wildman–Crippen LogP) is 3.54. The van der Waals surface area contributed by atoms with Crippen molar-refractivity contribution in [3.63, 3.8) is 0 Å². The molecule has 0 radical (unpaired) electrons. The third kappa shape index (κ3) is 3.87. The van der Waals surface area contributed by atoms with Gasteiger partial charge in [-0.05, 0) is 19.1 Å². The van der Waals surface area contributed by atoms with Crippen molar-refractivity contribution in [2.45, 2.75) is 12.4 Å². The number of aliphatic imine (C=N–C) groups is 1. The predicted molar refractivity (Wildman–Crippen MR) is 87.1 cm³/mol. The van der Waals surface area contributed by atoms with Gasteiger partial charge in [0.25, 0.3) is 0 Å². The van der Waals surface area contributed by atoms with E-state index in [4.69, 9.17) is 9.15 Å². The van der Waals surface area contributed by atoms with E-state index in [0.717, 1.165) is 0 Å². The first-order chi connectivity index (χ1) is 12.1. The van der Waals surface area contributed by atoms with Gasteiger partial charge in [-0.3, -0.25) is 9.98 Å². The number of methoxy groups -OCH3 is 1. The van der Waals surface area contributed by atoms with E-state index < -0.39 is 21.4 Å². The topological polar surface area (TPSA) is 91.0 Å². The molecule has 2 heterocycles. The van der Waals surface area contributed by atoms with Crippen LogP contribution in [-0.2, 0) is 14.9 Å². The third-order valence-corrected chi connectivity index (χ3v) is 4.03. The minimum Gasteiger partial charge on any atom is -0.495 e. The Balaban J connectivity index is 2.62. The molecule has 0 fully saturated rings. The van der Waals surface area contributed by atoms with Crippen LogP contribution in [0.25, 0.3) is 11.0 Å². The van der Waals surface area contributed by atoms with Crippen molar-refractivity contribution in [3.8, 4) is 5.75 Å². The number of furan rings is 1. The Morgan fingerprint density at radius 1 is 1.42 bits per heavy atom. The summed E-state index contributed by atoms with van der Waals surface area (Å²) in [6.07, 6.45) is 5.04. The van der Waals surface area contributed by atoms with Crippen LogP contribution in [0.2, 0.25) is 0 Å². The van der Waals surface area contributed by atoms with Crippen molar-refractivity contribution in [2.75, 3.05) is 7.11 Å². The molecule has 7 nitrogen and oxygen atoms in total. The number of alkyl halides is 3. The van der Waals surface area contributed by atoms with Gasteiger partial charge in [-0.15, -0.1) is 0 Å². The molecule has 0 bridgehead atoms. The number of hydrogen-bond donors (Lipinski definition) is 0. The molecule has 0 N–H and O–H groups in total. The molecule has 0 atom stereocenters. The van der Waals surface area contributed by atoms with Gasteiger partial charge in [0.05, 0.1) is 30.6 Å². The number of hydrogen-bond acceptors (Lipinski definition) is 7. The molecule has 2 aromatic rings. The van der Waals surface area contributed by atoms with Crippen LogP contribution in [0.3, 0.4) is 0 Å². The minimum atomic E-state index is -5.90. The van der Waals surface area contributed by atoms with Gasteiger partial charge in [0.2, 0.25) is 0 Å². The van der Waals surface area contributed by atoms with Gasteiger partial charge in [-0.2, -0.15) is 21.6 Å². The zero-order chi connectivity index (χ0) is 19.5. The Kier molecular flexibility index (Phi) is 5.40. The van der Waals surface area contributed by atoms with Crippen molar-refractivity contribution in [3.05, 3.63) is 48.8 Å². The van der Waals surface area contributed by atoms with E-state index >= 15 is 0 Å². The Bertz CT molecular complexity index is 990. The third-order valence-electron chi connectivity index (χ3n) is 3.07. The summed E-state index contributed by atoms with van der Waals surface area (Å²) < 4.78 is 75.5. The highest BCUT2D eigenvalue weighted by Crippen LogP contribution is 2.37. The second kappa shape index (κ2) is 7.20. The first-order valence-corrected chi connectivity index (χ1v) is 8.30. The highest BCUT2D eigenvalue weighted by Gasteiger charge is 2.49. The van der Waals surface area contributed by atoms with E-state index in [1.807, 2.05) is 0 Å². The fraction of sp³-hybridized carbons (Fsp3) is 0.200. The van der Waals surface area contributed by atoms with Crippen molar-refractivity contribution in [1.29, 1.82) is 0 Å². The molecule has 0 amide bonds. The summed E-state index contributed by atoms with van der Waals surface area (Å²) in [5.41, 5.74) is -5.52. The summed E-state index contributed by atoms with van der Waals surface area (Å²) >= 11 is 0. The van der Waals surface area contributed by atoms with Crippen LogP contribution in [0.4, 0.5) is 13.2 Å². The largest absolute Gasteiger partial charge is 0.534 e. The van der Waals surface area contributed by atoms with Crippen LogP contribution in [0.5, 0.6) is 5.75 Å². The maximum absolute atomic E-state index is 12.7. The lowest BCUT2D eigenvalue weighted by Gasteiger charge is -2.09. The summed E-state index contributed by atoms with van der Waals surface area (Å²) in [4.78, 5) is 7.74. The molecular formula is C15H13F3N2O5S. The van der Waals surface area contributed by atoms with Crippen LogP contribution < -0.4 is 4.18 Å². The number of aromatic nitrogens is 1. The number of fused-ring (bicyclic) bond motifs is 1. The maximum atomic E-state index is 12.7. The average Bonchev–Trinajstić information content (AvgIpc) is 2.93. The van der Waals surface area contributed by atoms with Crippen molar-refractivity contribution in [1.82, 2.24) is 4.98 Å². The molecule has 0 spiro atoms. The van der Waals surface area contributed by atoms with Crippen molar-refractivity contribution < 1.29 is 34.9 Å². The van der Waals surface area contributed by atoms with E-state index in [1.165, 1.54) is 44.8 Å². The van der Waals surface area contributed by atoms with Crippen LogP contribution in [0, 0.1) is 0 Å². The molecule has 0 unspecified atom stereocenters. The zero-order valence-electron chi connectivity index (χ0n) is 13.6. The van der Waals surface area contributed by atoms with E-state index in [1.54, 1.807) is 0 Å². The van der Waals surface area contributed by atoms with Crippen LogP contribution in [0.1, 0.15) is 12.7 Å². The molecule has 2 rings (SSSR count). The second-order valence-corrected chi connectivity index (χ2v) is 6.31. The number of ether oxygens (including phenoxy) is 1. The van der Waals surface area contributed by atoms with Gasteiger partial charge in [0.15, 0.2) is 17.1 Å². The van der Waals surface area contributed by atoms with Crippen LogP contribution >= 0.6 is 0 Å². The SMILES string of the molecule is C=C/C(=C\N=C(/C)c1oc2cnccc2c1OS(=O)(=O)C(F)(F)F)OC. The summed E-state index contributed by atoms with van der Waals surface area (Å²) in [6, 6.07) is 1.26. The lowest BCUT2D eigenvalue weighted by atomic mass is 10.2. The number of pyridine rings is 1. The molecule has 2 aromatic heterocycles. The number of nitrogens with zero attached hydrogens (tertiary/aromatic N) is 2. The molecule has 0 aliphatic carbocycles. The molecule has 0 aliphatic heterocycles. The average molecular weight is 390 g/mol. The number of allylic oxidation sites excluding steroid dienone is 1. The Morgan fingerprint density at radius 2 is 2.12 bits per heavy atom. The van der Waals surface area contributed by atoms with E-state index in [9.17, 15) is 21.6 Å². The monoisotopic (exact) mass is 390 g/mol. The standard InChI is InChI=1S/C15H13F3N2O5S/c1-4-10(23-3)7-20-9(2)13-14(25-26(21,22)15(16,17)18)11-5-6-19-8-12(11)24-13/h4-8H,1H2,2-3H3/b10-7+,20-9+. The molecule has 0 aromatic carbocycles. The quantitative estimate of drug-likeness (QED) is 0.246. The van der Waals surface area contributed by atoms with Gasteiger partial charge < -0.3 is 13.3 Å². The molecule has 26 heavy (non-hydrogen) atoms. The first-order valence-electron chi connectivity index (χ1n) is 6.89. The van der Waals surface area contributed by atoms with Gasteiger partial charge in [0.1, 0.15) is 5.76 Å². The molecule has 0 saturated heterocycles. The fourth-order valence-corrected chi connectivity index (χ4v) is 2.29. The normalized spacial score (nSPS) is 13.7. The second-order valence-electron chi connectivity index (χ2n) is 4.77. The van der Waals surface area contributed by atoms with Gasteiger partial charge >= 0.3 is 15.6 Å². The molecule has 140 valence electrons. The molecular weight excluding hydrogens is 377 g/mol. The molecule has 11 heteroatoms. The highest BCUT2D eigenvalue weighted by molar-refractivity contribution is 7.88. The van der Waals surface area contributed by atoms with Gasteiger partial charge in [-0.25, -0.2) is 0 Å².